The molecule has 4 nitrogen and oxygen atoms in total. The van der Waals surface area contributed by atoms with Crippen molar-refractivity contribution in [1.29, 1.82) is 0 Å². The molecule has 1 aromatic carbocycles. The first-order valence-electron chi connectivity index (χ1n) is 10.8. The average Bonchev–Trinajstić information content (AvgIpc) is 3.06. The number of rotatable bonds is 4. The molecule has 0 aliphatic carbocycles. The monoisotopic (exact) mass is 367 g/mol. The van der Waals surface area contributed by atoms with Gasteiger partial charge in [-0.15, -0.1) is 0 Å². The number of carbonyl (C=O) groups is 1. The van der Waals surface area contributed by atoms with Gasteiger partial charge in [0.1, 0.15) is 0 Å². The van der Waals surface area contributed by atoms with Gasteiger partial charge in [-0.1, -0.05) is 20.8 Å². The molecular weight excluding hydrogens is 334 g/mol. The summed E-state index contributed by atoms with van der Waals surface area (Å²) in [6.07, 6.45) is 5.72. The van der Waals surface area contributed by atoms with E-state index in [0.717, 1.165) is 56.9 Å². The highest BCUT2D eigenvalue weighted by molar-refractivity contribution is 5.99. The first kappa shape index (κ1) is 18.5. The van der Waals surface area contributed by atoms with Gasteiger partial charge < -0.3 is 9.88 Å². The van der Waals surface area contributed by atoms with Crippen molar-refractivity contribution in [3.63, 3.8) is 0 Å². The summed E-state index contributed by atoms with van der Waals surface area (Å²) in [7, 11) is 0. The molecule has 1 N–H and O–H groups in total. The molecule has 146 valence electrons. The second-order valence-corrected chi connectivity index (χ2v) is 8.51. The quantitative estimate of drug-likeness (QED) is 0.859. The molecule has 0 atom stereocenters. The molecule has 2 aliphatic rings. The summed E-state index contributed by atoms with van der Waals surface area (Å²) in [6, 6.07) is 6.91. The van der Waals surface area contributed by atoms with Gasteiger partial charge in [-0.25, -0.2) is 0 Å². The first-order valence-corrected chi connectivity index (χ1v) is 10.8. The molecule has 4 heteroatoms. The summed E-state index contributed by atoms with van der Waals surface area (Å²) in [6.45, 7) is 10.8. The molecule has 0 radical (unpaired) electrons. The molecule has 1 aromatic heterocycles. The third-order valence-electron chi connectivity index (χ3n) is 6.78. The number of aromatic amines is 1. The van der Waals surface area contributed by atoms with Gasteiger partial charge in [0.15, 0.2) is 0 Å². The van der Waals surface area contributed by atoms with Crippen molar-refractivity contribution in [2.45, 2.75) is 65.5 Å². The van der Waals surface area contributed by atoms with Crippen molar-refractivity contribution in [3.8, 4) is 0 Å². The van der Waals surface area contributed by atoms with Gasteiger partial charge in [-0.2, -0.15) is 0 Å². The van der Waals surface area contributed by atoms with E-state index in [1.165, 1.54) is 35.0 Å². The standard InChI is InChI=1S/C23H33N3O/c1-4-18(5-2)26-13-10-22-20(15-26)19-14-17(6-7-21(19)24-22)23(27)25-11-8-16(3)9-12-25/h6-7,14,16,18,24H,4-5,8-13,15H2,1-3H3. The van der Waals surface area contributed by atoms with Gasteiger partial charge in [-0.05, 0) is 55.4 Å². The molecule has 1 saturated heterocycles. The van der Waals surface area contributed by atoms with Crippen molar-refractivity contribution in [1.82, 2.24) is 14.8 Å². The van der Waals surface area contributed by atoms with E-state index in [0.29, 0.717) is 6.04 Å². The van der Waals surface area contributed by atoms with Crippen molar-refractivity contribution in [2.75, 3.05) is 19.6 Å². The molecule has 0 saturated carbocycles. The van der Waals surface area contributed by atoms with Crippen LogP contribution < -0.4 is 0 Å². The van der Waals surface area contributed by atoms with Crippen molar-refractivity contribution < 1.29 is 4.79 Å². The summed E-state index contributed by atoms with van der Waals surface area (Å²) < 4.78 is 0. The number of nitrogens with one attached hydrogen (secondary N) is 1. The third kappa shape index (κ3) is 3.52. The Bertz CT molecular complexity index is 812. The second-order valence-electron chi connectivity index (χ2n) is 8.51. The van der Waals surface area contributed by atoms with E-state index in [-0.39, 0.29) is 5.91 Å². The summed E-state index contributed by atoms with van der Waals surface area (Å²) in [5.41, 5.74) is 4.79. The van der Waals surface area contributed by atoms with Crippen LogP contribution in [0.2, 0.25) is 0 Å². The lowest BCUT2D eigenvalue weighted by molar-refractivity contribution is 0.0697. The fourth-order valence-electron chi connectivity index (χ4n) is 4.88. The lowest BCUT2D eigenvalue weighted by atomic mass is 9.97. The lowest BCUT2D eigenvalue weighted by Crippen LogP contribution is -2.38. The third-order valence-corrected chi connectivity index (χ3v) is 6.78. The minimum atomic E-state index is 0.200. The molecular formula is C23H33N3O. The van der Waals surface area contributed by atoms with E-state index in [9.17, 15) is 4.79 Å². The molecule has 2 aromatic rings. The molecule has 3 heterocycles. The minimum Gasteiger partial charge on any atom is -0.358 e. The van der Waals surface area contributed by atoms with Crippen molar-refractivity contribution >= 4 is 16.8 Å². The molecule has 27 heavy (non-hydrogen) atoms. The van der Waals surface area contributed by atoms with Crippen LogP contribution in [0.5, 0.6) is 0 Å². The molecule has 0 bridgehead atoms. The van der Waals surface area contributed by atoms with E-state index in [1.807, 2.05) is 11.0 Å². The highest BCUT2D eigenvalue weighted by Crippen LogP contribution is 2.31. The number of benzene rings is 1. The maximum absolute atomic E-state index is 13.0. The van der Waals surface area contributed by atoms with E-state index in [4.69, 9.17) is 0 Å². The van der Waals surface area contributed by atoms with E-state index in [1.54, 1.807) is 0 Å². The summed E-state index contributed by atoms with van der Waals surface area (Å²) >= 11 is 0. The van der Waals surface area contributed by atoms with E-state index >= 15 is 0 Å². The zero-order valence-corrected chi connectivity index (χ0v) is 17.1. The van der Waals surface area contributed by atoms with Gasteiger partial charge in [-0.3, -0.25) is 9.69 Å². The maximum atomic E-state index is 13.0. The topological polar surface area (TPSA) is 39.3 Å². The molecule has 0 spiro atoms. The predicted octanol–water partition coefficient (Wildman–Crippen LogP) is 4.59. The SMILES string of the molecule is CCC(CC)N1CCc2[nH]c3ccc(C(=O)N4CCC(C)CC4)cc3c2C1. The van der Waals surface area contributed by atoms with Gasteiger partial charge in [0.05, 0.1) is 0 Å². The minimum absolute atomic E-state index is 0.200. The fourth-order valence-corrected chi connectivity index (χ4v) is 4.88. The number of aromatic nitrogens is 1. The number of likely N-dealkylation sites (tertiary alicyclic amines) is 1. The van der Waals surface area contributed by atoms with Crippen LogP contribution in [0.1, 0.15) is 68.1 Å². The Morgan fingerprint density at radius 2 is 1.93 bits per heavy atom. The average molecular weight is 368 g/mol. The smallest absolute Gasteiger partial charge is 0.253 e. The fraction of sp³-hybridized carbons (Fsp3) is 0.609. The Balaban J connectivity index is 1.61. The normalized spacial score (nSPS) is 19.0. The highest BCUT2D eigenvalue weighted by Gasteiger charge is 2.26. The van der Waals surface area contributed by atoms with Crippen LogP contribution in [0, 0.1) is 5.92 Å². The lowest BCUT2D eigenvalue weighted by Gasteiger charge is -2.33. The van der Waals surface area contributed by atoms with E-state index in [2.05, 4.69) is 42.8 Å². The molecule has 1 amide bonds. The number of nitrogens with zero attached hydrogens (tertiary/aromatic N) is 2. The number of amides is 1. The number of carbonyl (C=O) groups excluding carboxylic acids is 1. The van der Waals surface area contributed by atoms with Crippen LogP contribution in [0.15, 0.2) is 18.2 Å². The number of H-pyrrole nitrogens is 1. The van der Waals surface area contributed by atoms with Crippen LogP contribution >= 0.6 is 0 Å². The largest absolute Gasteiger partial charge is 0.358 e. The summed E-state index contributed by atoms with van der Waals surface area (Å²) in [5.74, 6) is 0.940. The van der Waals surface area contributed by atoms with Crippen molar-refractivity contribution in [3.05, 3.63) is 35.0 Å². The molecule has 1 fully saturated rings. The zero-order valence-electron chi connectivity index (χ0n) is 17.1. The Labute approximate surface area is 162 Å². The van der Waals surface area contributed by atoms with E-state index < -0.39 is 0 Å². The molecule has 2 aliphatic heterocycles. The molecule has 4 rings (SSSR count). The van der Waals surface area contributed by atoms with Crippen LogP contribution in [-0.4, -0.2) is 46.4 Å². The summed E-state index contributed by atoms with van der Waals surface area (Å²) in [4.78, 5) is 21.3. The number of hydrogen-bond donors (Lipinski definition) is 1. The van der Waals surface area contributed by atoms with Gasteiger partial charge >= 0.3 is 0 Å². The summed E-state index contributed by atoms with van der Waals surface area (Å²) in [5, 5.41) is 1.25. The van der Waals surface area contributed by atoms with Gasteiger partial charge in [0, 0.05) is 60.8 Å². The van der Waals surface area contributed by atoms with Gasteiger partial charge in [0.25, 0.3) is 5.91 Å². The Morgan fingerprint density at radius 1 is 1.19 bits per heavy atom. The van der Waals surface area contributed by atoms with Crippen LogP contribution in [0.25, 0.3) is 10.9 Å². The van der Waals surface area contributed by atoms with Crippen LogP contribution in [0.4, 0.5) is 0 Å². The Hall–Kier alpha value is -1.81. The zero-order chi connectivity index (χ0) is 19.0. The number of fused-ring (bicyclic) bond motifs is 3. The van der Waals surface area contributed by atoms with Crippen LogP contribution in [-0.2, 0) is 13.0 Å². The highest BCUT2D eigenvalue weighted by atomic mass is 16.2. The Morgan fingerprint density at radius 3 is 2.63 bits per heavy atom. The second kappa shape index (κ2) is 7.67. The van der Waals surface area contributed by atoms with Crippen LogP contribution in [0.3, 0.4) is 0 Å². The maximum Gasteiger partial charge on any atom is 0.253 e. The number of piperidine rings is 1. The van der Waals surface area contributed by atoms with Crippen molar-refractivity contribution in [2.24, 2.45) is 5.92 Å². The predicted molar refractivity (Wildman–Crippen MR) is 111 cm³/mol. The first-order chi connectivity index (χ1) is 13.1. The number of hydrogen-bond acceptors (Lipinski definition) is 2. The Kier molecular flexibility index (Phi) is 5.27. The van der Waals surface area contributed by atoms with Gasteiger partial charge in [0.2, 0.25) is 0 Å². The molecule has 0 unspecified atom stereocenters.